The average Bonchev–Trinajstić information content (AvgIpc) is 3.07. The smallest absolute Gasteiger partial charge is 0.283 e. The van der Waals surface area contributed by atoms with Gasteiger partial charge < -0.3 is 15.2 Å². The zero-order valence-corrected chi connectivity index (χ0v) is 17.8. The summed E-state index contributed by atoms with van der Waals surface area (Å²) >= 11 is 1.18. The lowest BCUT2D eigenvalue weighted by Gasteiger charge is -2.20. The summed E-state index contributed by atoms with van der Waals surface area (Å²) in [5.74, 6) is 0.593. The van der Waals surface area contributed by atoms with Crippen LogP contribution in [0, 0.1) is 0 Å². The number of thioether (sulfide) groups is 1. The van der Waals surface area contributed by atoms with Crippen LogP contribution in [-0.2, 0) is 9.59 Å². The number of hydrogen-bond donors (Lipinski definition) is 1. The second kappa shape index (κ2) is 9.49. The fourth-order valence-electron chi connectivity index (χ4n) is 2.88. The Kier molecular flexibility index (Phi) is 6.79. The largest absolute Gasteiger partial charge is 0.497 e. The zero-order valence-electron chi connectivity index (χ0n) is 17.0. The van der Waals surface area contributed by atoms with Gasteiger partial charge in [0.15, 0.2) is 5.17 Å². The molecule has 8 heteroatoms. The van der Waals surface area contributed by atoms with Gasteiger partial charge in [0.1, 0.15) is 17.2 Å². The third-order valence-electron chi connectivity index (χ3n) is 4.50. The van der Waals surface area contributed by atoms with Gasteiger partial charge in [-0.3, -0.25) is 14.5 Å². The number of ether oxygens (including phenoxy) is 2. The maximum atomic E-state index is 13.2. The molecule has 0 aliphatic carbocycles. The number of rotatable bonds is 7. The lowest BCUT2D eigenvalue weighted by molar-refractivity contribution is -0.117. The minimum atomic E-state index is -0.495. The normalized spacial score (nSPS) is 15.8. The molecule has 0 saturated heterocycles. The molecule has 1 heterocycles. The van der Waals surface area contributed by atoms with Crippen LogP contribution in [0.25, 0.3) is 6.08 Å². The summed E-state index contributed by atoms with van der Waals surface area (Å²) in [6.07, 6.45) is 2.23. The molecule has 2 amide bonds. The van der Waals surface area contributed by atoms with Crippen LogP contribution in [0.5, 0.6) is 11.5 Å². The maximum absolute atomic E-state index is 13.2. The van der Waals surface area contributed by atoms with Crippen molar-refractivity contribution in [2.45, 2.75) is 18.6 Å². The number of amidine groups is 1. The number of nitrogens with zero attached hydrogens (tertiary/aromatic N) is 2. The molecule has 0 fully saturated rings. The van der Waals surface area contributed by atoms with E-state index in [9.17, 15) is 9.59 Å². The summed E-state index contributed by atoms with van der Waals surface area (Å²) in [6, 6.07) is 14.4. The van der Waals surface area contributed by atoms with Crippen molar-refractivity contribution in [3.05, 3.63) is 59.8 Å². The molecule has 1 aliphatic heterocycles. The molecule has 3 rings (SSSR count). The first-order chi connectivity index (χ1) is 14.5. The maximum Gasteiger partial charge on any atom is 0.283 e. The van der Waals surface area contributed by atoms with E-state index in [4.69, 9.17) is 15.2 Å². The van der Waals surface area contributed by atoms with Gasteiger partial charge in [0.2, 0.25) is 5.91 Å². The number of anilines is 1. The van der Waals surface area contributed by atoms with Crippen molar-refractivity contribution in [2.75, 3.05) is 19.1 Å². The van der Waals surface area contributed by atoms with Crippen molar-refractivity contribution in [2.24, 2.45) is 10.7 Å². The van der Waals surface area contributed by atoms with Crippen molar-refractivity contribution in [1.82, 2.24) is 0 Å². The summed E-state index contributed by atoms with van der Waals surface area (Å²) in [6.45, 7) is 1.86. The molecule has 30 heavy (non-hydrogen) atoms. The summed E-state index contributed by atoms with van der Waals surface area (Å²) in [5.41, 5.74) is 7.19. The first-order valence-corrected chi connectivity index (χ1v) is 10.2. The Morgan fingerprint density at radius 2 is 1.87 bits per heavy atom. The Morgan fingerprint density at radius 3 is 2.47 bits per heavy atom. The Bertz CT molecular complexity index is 1000. The number of nitrogens with two attached hydrogens (primary N) is 1. The SMILES string of the molecule is CCC(SC1=N/C(=C/c2ccc(OC)cc2)C(=O)N1c1cccc(OC)c1)C(N)=O. The van der Waals surface area contributed by atoms with Gasteiger partial charge in [-0.2, -0.15) is 0 Å². The number of amides is 2. The Labute approximate surface area is 179 Å². The van der Waals surface area contributed by atoms with Gasteiger partial charge in [0.05, 0.1) is 25.2 Å². The minimum absolute atomic E-state index is 0.268. The Hall–Kier alpha value is -3.26. The molecule has 2 N–H and O–H groups in total. The molecule has 1 aliphatic rings. The van der Waals surface area contributed by atoms with E-state index in [0.29, 0.717) is 23.0 Å². The van der Waals surface area contributed by atoms with Crippen LogP contribution in [0.2, 0.25) is 0 Å². The molecular weight excluding hydrogens is 402 g/mol. The minimum Gasteiger partial charge on any atom is -0.497 e. The summed E-state index contributed by atoms with van der Waals surface area (Å²) < 4.78 is 10.5. The first-order valence-electron chi connectivity index (χ1n) is 9.35. The highest BCUT2D eigenvalue weighted by Gasteiger charge is 2.34. The molecule has 156 valence electrons. The van der Waals surface area contributed by atoms with E-state index < -0.39 is 11.2 Å². The highest BCUT2D eigenvalue weighted by Crippen LogP contribution is 2.33. The topological polar surface area (TPSA) is 94.2 Å². The average molecular weight is 426 g/mol. The molecular formula is C22H23N3O4S. The van der Waals surface area contributed by atoms with Crippen molar-refractivity contribution in [3.8, 4) is 11.5 Å². The van der Waals surface area contributed by atoms with Crippen LogP contribution >= 0.6 is 11.8 Å². The van der Waals surface area contributed by atoms with E-state index in [-0.39, 0.29) is 11.6 Å². The molecule has 2 aromatic rings. The van der Waals surface area contributed by atoms with Crippen LogP contribution < -0.4 is 20.1 Å². The molecule has 0 aromatic heterocycles. The number of benzene rings is 2. The third kappa shape index (κ3) is 4.65. The molecule has 0 bridgehead atoms. The van der Waals surface area contributed by atoms with Crippen molar-refractivity contribution >= 4 is 40.5 Å². The van der Waals surface area contributed by atoms with Crippen molar-refractivity contribution in [1.29, 1.82) is 0 Å². The number of hydrogen-bond acceptors (Lipinski definition) is 6. The number of carbonyl (C=O) groups excluding carboxylic acids is 2. The molecule has 1 atom stereocenters. The molecule has 7 nitrogen and oxygen atoms in total. The quantitative estimate of drug-likeness (QED) is 0.686. The van der Waals surface area contributed by atoms with Crippen molar-refractivity contribution < 1.29 is 19.1 Å². The second-order valence-corrected chi connectivity index (χ2v) is 7.63. The van der Waals surface area contributed by atoms with E-state index in [0.717, 1.165) is 11.3 Å². The zero-order chi connectivity index (χ0) is 21.7. The molecule has 2 aromatic carbocycles. The monoisotopic (exact) mass is 425 g/mol. The lowest BCUT2D eigenvalue weighted by Crippen LogP contribution is -2.34. The standard InChI is InChI=1S/C22H23N3O4S/c1-4-19(20(23)26)30-22-24-18(12-14-8-10-16(28-2)11-9-14)21(27)25(22)15-6-5-7-17(13-15)29-3/h5-13,19H,4H2,1-3H3,(H2,23,26)/b18-12+. The van der Waals surface area contributed by atoms with Gasteiger partial charge in [-0.25, -0.2) is 4.99 Å². The van der Waals surface area contributed by atoms with E-state index >= 15 is 0 Å². The van der Waals surface area contributed by atoms with Gasteiger partial charge in [-0.05, 0) is 42.3 Å². The molecule has 0 radical (unpaired) electrons. The first kappa shape index (κ1) is 21.4. The molecule has 0 spiro atoms. The van der Waals surface area contributed by atoms with Crippen LogP contribution in [0.1, 0.15) is 18.9 Å². The van der Waals surface area contributed by atoms with Crippen LogP contribution in [0.15, 0.2) is 59.2 Å². The number of aliphatic imine (C=N–C) groups is 1. The van der Waals surface area contributed by atoms with E-state index in [2.05, 4.69) is 4.99 Å². The fraction of sp³-hybridized carbons (Fsp3) is 0.227. The van der Waals surface area contributed by atoms with Gasteiger partial charge in [-0.15, -0.1) is 0 Å². The number of primary amides is 1. The van der Waals surface area contributed by atoms with Crippen LogP contribution in [0.4, 0.5) is 5.69 Å². The highest BCUT2D eigenvalue weighted by molar-refractivity contribution is 8.15. The summed E-state index contributed by atoms with van der Waals surface area (Å²) in [7, 11) is 3.15. The van der Waals surface area contributed by atoms with E-state index in [1.54, 1.807) is 44.6 Å². The summed E-state index contributed by atoms with van der Waals surface area (Å²) in [4.78, 5) is 31.0. The third-order valence-corrected chi connectivity index (χ3v) is 5.83. The van der Waals surface area contributed by atoms with Gasteiger partial charge in [0.25, 0.3) is 5.91 Å². The van der Waals surface area contributed by atoms with Crippen molar-refractivity contribution in [3.63, 3.8) is 0 Å². The predicted molar refractivity (Wildman–Crippen MR) is 120 cm³/mol. The lowest BCUT2D eigenvalue weighted by atomic mass is 10.2. The number of methoxy groups -OCH3 is 2. The molecule has 1 unspecified atom stereocenters. The van der Waals surface area contributed by atoms with Crippen LogP contribution in [0.3, 0.4) is 0 Å². The second-order valence-electron chi connectivity index (χ2n) is 6.46. The van der Waals surface area contributed by atoms with Gasteiger partial charge in [0, 0.05) is 6.07 Å². The Balaban J connectivity index is 2.01. The van der Waals surface area contributed by atoms with Crippen LogP contribution in [-0.4, -0.2) is 36.5 Å². The highest BCUT2D eigenvalue weighted by atomic mass is 32.2. The fourth-order valence-corrected chi connectivity index (χ4v) is 3.86. The Morgan fingerprint density at radius 1 is 1.17 bits per heavy atom. The number of carbonyl (C=O) groups is 2. The van der Waals surface area contributed by atoms with E-state index in [1.807, 2.05) is 31.2 Å². The predicted octanol–water partition coefficient (Wildman–Crippen LogP) is 3.44. The summed E-state index contributed by atoms with van der Waals surface area (Å²) in [5, 5.41) is -0.0938. The van der Waals surface area contributed by atoms with Gasteiger partial charge in [-0.1, -0.05) is 36.9 Å². The molecule has 0 saturated carbocycles. The van der Waals surface area contributed by atoms with E-state index in [1.165, 1.54) is 16.7 Å². The van der Waals surface area contributed by atoms with Gasteiger partial charge >= 0.3 is 0 Å².